The summed E-state index contributed by atoms with van der Waals surface area (Å²) in [6, 6.07) is 8.20. The molecule has 1 amide bonds. The van der Waals surface area contributed by atoms with Crippen molar-refractivity contribution in [3.05, 3.63) is 64.2 Å². The molecule has 51 heavy (non-hydrogen) atoms. The smallest absolute Gasteiger partial charge is 0.273 e. The van der Waals surface area contributed by atoms with Crippen molar-refractivity contribution in [1.29, 1.82) is 5.26 Å². The number of nitrogens with one attached hydrogen (secondary N) is 1. The molecule has 4 unspecified atom stereocenters. The molecule has 13 nitrogen and oxygen atoms in total. The first kappa shape index (κ1) is 33.2. The van der Waals surface area contributed by atoms with E-state index in [0.29, 0.717) is 55.3 Å². The van der Waals surface area contributed by atoms with Gasteiger partial charge in [-0.05, 0) is 83.2 Å². The maximum Gasteiger partial charge on any atom is 0.273 e. The van der Waals surface area contributed by atoms with Gasteiger partial charge in [0.2, 0.25) is 5.88 Å². The SMILES string of the molecule is CC(Oc1cc(-n2ccc(C(=O)NC3CCOC3)n2)nc(-c2noc3c2CCCC32CCC(F)(F)c3ccc(N)c(C#N)c32)n1)C1CCCN1C. The maximum atomic E-state index is 15.4. The predicted molar refractivity (Wildman–Crippen MR) is 179 cm³/mol. The molecular weight excluding hydrogens is 660 g/mol. The zero-order valence-corrected chi connectivity index (χ0v) is 28.5. The van der Waals surface area contributed by atoms with Gasteiger partial charge in [0.05, 0.1) is 23.6 Å². The number of likely N-dealkylation sites (N-methyl/N-ethyl adjacent to an activating group) is 1. The fourth-order valence-electron chi connectivity index (χ4n) is 8.40. The van der Waals surface area contributed by atoms with Gasteiger partial charge >= 0.3 is 0 Å². The van der Waals surface area contributed by atoms with Gasteiger partial charge in [-0.1, -0.05) is 11.2 Å². The number of anilines is 1. The molecule has 0 saturated carbocycles. The van der Waals surface area contributed by atoms with Gasteiger partial charge in [0.15, 0.2) is 28.8 Å². The molecule has 2 aliphatic heterocycles. The number of fused-ring (bicyclic) bond motifs is 4. The van der Waals surface area contributed by atoms with Crippen molar-refractivity contribution in [3.8, 4) is 29.3 Å². The second kappa shape index (κ2) is 12.7. The molecule has 2 saturated heterocycles. The van der Waals surface area contributed by atoms with Crippen LogP contribution in [0, 0.1) is 11.3 Å². The number of hydrogen-bond acceptors (Lipinski definition) is 11. The van der Waals surface area contributed by atoms with E-state index >= 15 is 8.78 Å². The predicted octanol–water partition coefficient (Wildman–Crippen LogP) is 4.66. The number of nitrogens with zero attached hydrogens (tertiary/aromatic N) is 7. The minimum absolute atomic E-state index is 0.0384. The zero-order chi connectivity index (χ0) is 35.5. The van der Waals surface area contributed by atoms with E-state index in [1.807, 2.05) is 6.92 Å². The van der Waals surface area contributed by atoms with Gasteiger partial charge in [0.25, 0.3) is 11.8 Å². The Morgan fingerprint density at radius 2 is 2.06 bits per heavy atom. The summed E-state index contributed by atoms with van der Waals surface area (Å²) >= 11 is 0. The van der Waals surface area contributed by atoms with Crippen LogP contribution in [-0.4, -0.2) is 80.7 Å². The van der Waals surface area contributed by atoms with Crippen molar-refractivity contribution in [2.24, 2.45) is 0 Å². The largest absolute Gasteiger partial charge is 0.473 e. The number of carbonyl (C=O) groups excluding carboxylic acids is 1. The summed E-state index contributed by atoms with van der Waals surface area (Å²) < 4.78 is 50.2. The summed E-state index contributed by atoms with van der Waals surface area (Å²) in [5.74, 6) is -2.19. The molecule has 4 atom stereocenters. The standard InChI is InChI=1S/C36H39F2N9O4/c1-20(27-6-4-14-46(27)2)50-29-17-28(47-15-9-26(44-47)34(48)41-21-10-16-49-19-21)42-33(43-29)31-22-5-3-11-35(32(22)51-45-31)12-13-36(37,38)24-7-8-25(40)23(18-39)30(24)35/h7-9,15,17,20-21,27H,3-6,10-14,16,19,40H2,1-2H3,(H,41,48). The number of hydrogen-bond donors (Lipinski definition) is 2. The number of nitrogen functional groups attached to an aromatic ring is 1. The van der Waals surface area contributed by atoms with Crippen molar-refractivity contribution in [3.63, 3.8) is 0 Å². The molecule has 1 aromatic carbocycles. The van der Waals surface area contributed by atoms with E-state index in [2.05, 4.69) is 33.6 Å². The van der Waals surface area contributed by atoms with Crippen LogP contribution >= 0.6 is 0 Å². The van der Waals surface area contributed by atoms with Crippen LogP contribution in [0.15, 0.2) is 35.0 Å². The molecule has 2 fully saturated rings. The number of amides is 1. The third kappa shape index (κ3) is 5.70. The molecule has 0 radical (unpaired) electrons. The first-order valence-corrected chi connectivity index (χ1v) is 17.5. The Morgan fingerprint density at radius 3 is 2.82 bits per heavy atom. The fourth-order valence-corrected chi connectivity index (χ4v) is 8.40. The van der Waals surface area contributed by atoms with E-state index in [4.69, 9.17) is 29.7 Å². The Hall–Kier alpha value is -4.94. The normalized spacial score (nSPS) is 24.5. The lowest BCUT2D eigenvalue weighted by molar-refractivity contribution is -0.0333. The number of alkyl halides is 2. The fraction of sp³-hybridized carbons (Fsp3) is 0.500. The van der Waals surface area contributed by atoms with Crippen molar-refractivity contribution < 1.29 is 27.6 Å². The number of aromatic nitrogens is 5. The summed E-state index contributed by atoms with van der Waals surface area (Å²) in [5, 5.41) is 22.1. The van der Waals surface area contributed by atoms with Gasteiger partial charge in [-0.3, -0.25) is 9.69 Å². The first-order chi connectivity index (χ1) is 24.6. The minimum atomic E-state index is -3.13. The second-order valence-electron chi connectivity index (χ2n) is 14.1. The van der Waals surface area contributed by atoms with Gasteiger partial charge in [0.1, 0.15) is 12.2 Å². The highest BCUT2D eigenvalue weighted by Crippen LogP contribution is 2.57. The Balaban J connectivity index is 1.21. The molecule has 15 heteroatoms. The van der Waals surface area contributed by atoms with Crippen LogP contribution in [-0.2, 0) is 22.5 Å². The second-order valence-corrected chi connectivity index (χ2v) is 14.1. The lowest BCUT2D eigenvalue weighted by atomic mass is 9.60. The van der Waals surface area contributed by atoms with Crippen LogP contribution in [0.25, 0.3) is 17.3 Å². The van der Waals surface area contributed by atoms with Crippen molar-refractivity contribution in [1.82, 2.24) is 35.1 Å². The van der Waals surface area contributed by atoms with E-state index in [-0.39, 0.29) is 70.3 Å². The molecule has 4 aromatic rings. The molecular formula is C36H39F2N9O4. The average molecular weight is 700 g/mol. The first-order valence-electron chi connectivity index (χ1n) is 17.5. The number of ether oxygens (including phenoxy) is 2. The third-order valence-corrected chi connectivity index (χ3v) is 11.0. The molecule has 0 bridgehead atoms. The average Bonchev–Trinajstić information content (AvgIpc) is 3.94. The number of likely N-dealkylation sites (tertiary alicyclic amines) is 1. The summed E-state index contributed by atoms with van der Waals surface area (Å²) in [5.41, 5.74) is 6.63. The number of rotatable bonds is 7. The third-order valence-electron chi connectivity index (χ3n) is 11.0. The molecule has 4 aliphatic rings. The summed E-state index contributed by atoms with van der Waals surface area (Å²) in [7, 11) is 2.07. The lowest BCUT2D eigenvalue weighted by Gasteiger charge is -2.43. The van der Waals surface area contributed by atoms with Crippen LogP contribution in [0.5, 0.6) is 5.88 Å². The number of nitriles is 1. The molecule has 3 N–H and O–H groups in total. The topological polar surface area (TPSA) is 170 Å². The quantitative estimate of drug-likeness (QED) is 0.257. The number of carbonyl (C=O) groups is 1. The van der Waals surface area contributed by atoms with Gasteiger partial charge in [-0.2, -0.15) is 15.3 Å². The zero-order valence-electron chi connectivity index (χ0n) is 28.5. The van der Waals surface area contributed by atoms with Crippen LogP contribution in [0.3, 0.4) is 0 Å². The van der Waals surface area contributed by atoms with Crippen LogP contribution in [0.2, 0.25) is 0 Å². The minimum Gasteiger partial charge on any atom is -0.473 e. The summed E-state index contributed by atoms with van der Waals surface area (Å²) in [6.07, 6.45) is 5.53. The van der Waals surface area contributed by atoms with E-state index in [1.54, 1.807) is 18.3 Å². The van der Waals surface area contributed by atoms with E-state index in [9.17, 15) is 10.1 Å². The molecule has 266 valence electrons. The number of halogens is 2. The highest BCUT2D eigenvalue weighted by Gasteiger charge is 2.54. The van der Waals surface area contributed by atoms with Crippen LogP contribution in [0.1, 0.15) is 90.4 Å². The summed E-state index contributed by atoms with van der Waals surface area (Å²) in [4.78, 5) is 24.9. The Labute approximate surface area is 293 Å². The van der Waals surface area contributed by atoms with Gasteiger partial charge in [-0.15, -0.1) is 0 Å². The van der Waals surface area contributed by atoms with Crippen LogP contribution < -0.4 is 15.8 Å². The van der Waals surface area contributed by atoms with Gasteiger partial charge < -0.3 is 25.0 Å². The monoisotopic (exact) mass is 699 g/mol. The number of benzene rings is 1. The lowest BCUT2D eigenvalue weighted by Crippen LogP contribution is -2.40. The van der Waals surface area contributed by atoms with Gasteiger partial charge in [0, 0.05) is 48.1 Å². The molecule has 8 rings (SSSR count). The molecule has 5 heterocycles. The summed E-state index contributed by atoms with van der Waals surface area (Å²) in [6.45, 7) is 4.04. The molecule has 1 spiro atoms. The van der Waals surface area contributed by atoms with E-state index < -0.39 is 17.8 Å². The van der Waals surface area contributed by atoms with E-state index in [0.717, 1.165) is 25.8 Å². The van der Waals surface area contributed by atoms with Crippen molar-refractivity contribution >= 4 is 11.6 Å². The van der Waals surface area contributed by atoms with Gasteiger partial charge in [-0.25, -0.2) is 18.4 Å². The highest BCUT2D eigenvalue weighted by atomic mass is 19.3. The Morgan fingerprint density at radius 1 is 1.20 bits per heavy atom. The van der Waals surface area contributed by atoms with E-state index in [1.165, 1.54) is 16.8 Å². The maximum absolute atomic E-state index is 15.4. The highest BCUT2D eigenvalue weighted by molar-refractivity contribution is 5.92. The van der Waals surface area contributed by atoms with Crippen molar-refractivity contribution in [2.45, 2.75) is 87.8 Å². The molecule has 3 aromatic heterocycles. The Bertz CT molecular complexity index is 2030. The number of nitrogens with two attached hydrogens (primary N) is 1. The van der Waals surface area contributed by atoms with Crippen LogP contribution in [0.4, 0.5) is 14.5 Å². The Kier molecular flexibility index (Phi) is 8.26. The molecule has 2 aliphatic carbocycles. The van der Waals surface area contributed by atoms with Crippen molar-refractivity contribution in [2.75, 3.05) is 32.5 Å².